The Labute approximate surface area is 71.8 Å². The summed E-state index contributed by atoms with van der Waals surface area (Å²) in [6.07, 6.45) is -4.75. The Kier molecular flexibility index (Phi) is 2.31. The molecule has 0 aliphatic heterocycles. The summed E-state index contributed by atoms with van der Waals surface area (Å²) >= 11 is 0. The Morgan fingerprint density at radius 2 is 2.00 bits per heavy atom. The van der Waals surface area contributed by atoms with E-state index in [0.717, 1.165) is 12.1 Å². The van der Waals surface area contributed by atoms with Gasteiger partial charge in [0, 0.05) is 6.07 Å². The number of rotatable bonds is 1. The average molecular weight is 193 g/mol. The van der Waals surface area contributed by atoms with Gasteiger partial charge in [0.1, 0.15) is 5.75 Å². The summed E-state index contributed by atoms with van der Waals surface area (Å²) < 4.78 is 38.5. The first-order chi connectivity index (χ1) is 5.88. The molecular weight excluding hydrogens is 187 g/mol. The molecule has 0 fully saturated rings. The van der Waals surface area contributed by atoms with Gasteiger partial charge in [0.15, 0.2) is 0 Å². The van der Waals surface area contributed by atoms with Gasteiger partial charge in [0.2, 0.25) is 5.88 Å². The Bertz CT molecular complexity index is 311. The van der Waals surface area contributed by atoms with E-state index in [0.29, 0.717) is 0 Å². The molecule has 1 rings (SSSR count). The number of aromatic hydroxyl groups is 1. The van der Waals surface area contributed by atoms with Crippen LogP contribution in [-0.4, -0.2) is 16.5 Å². The quantitative estimate of drug-likeness (QED) is 0.741. The smallest absolute Gasteiger partial charge is 0.506 e. The summed E-state index contributed by atoms with van der Waals surface area (Å²) in [4.78, 5) is 3.37. The average Bonchev–Trinajstić information content (AvgIpc) is 1.94. The summed E-state index contributed by atoms with van der Waals surface area (Å²) in [6, 6.07) is 2.03. The van der Waals surface area contributed by atoms with Crippen molar-refractivity contribution in [3.63, 3.8) is 0 Å². The molecule has 0 unspecified atom stereocenters. The van der Waals surface area contributed by atoms with E-state index in [4.69, 9.17) is 5.11 Å². The zero-order valence-corrected chi connectivity index (χ0v) is 6.59. The number of hydrogen-bond acceptors (Lipinski definition) is 3. The van der Waals surface area contributed by atoms with Gasteiger partial charge < -0.3 is 9.84 Å². The Hall–Kier alpha value is -1.46. The van der Waals surface area contributed by atoms with E-state index in [1.54, 1.807) is 0 Å². The van der Waals surface area contributed by atoms with E-state index >= 15 is 0 Å². The molecule has 0 spiro atoms. The summed E-state index contributed by atoms with van der Waals surface area (Å²) in [5.74, 6) is -0.752. The van der Waals surface area contributed by atoms with Crippen LogP contribution in [0.4, 0.5) is 13.2 Å². The highest BCUT2D eigenvalue weighted by Gasteiger charge is 2.31. The molecule has 0 aromatic carbocycles. The number of halogens is 3. The predicted molar refractivity (Wildman–Crippen MR) is 37.3 cm³/mol. The molecule has 0 atom stereocenters. The monoisotopic (exact) mass is 193 g/mol. The van der Waals surface area contributed by atoms with Crippen molar-refractivity contribution in [1.29, 1.82) is 0 Å². The third-order valence-electron chi connectivity index (χ3n) is 1.25. The van der Waals surface area contributed by atoms with Gasteiger partial charge in [0.25, 0.3) is 0 Å². The number of alkyl halides is 3. The second-order valence-electron chi connectivity index (χ2n) is 2.30. The van der Waals surface area contributed by atoms with Gasteiger partial charge in [-0.05, 0) is 13.0 Å². The highest BCUT2D eigenvalue weighted by molar-refractivity contribution is 5.28. The third kappa shape index (κ3) is 2.81. The topological polar surface area (TPSA) is 42.4 Å². The molecule has 0 saturated heterocycles. The van der Waals surface area contributed by atoms with Crippen LogP contribution in [0.1, 0.15) is 5.69 Å². The van der Waals surface area contributed by atoms with Crippen molar-refractivity contribution in [2.24, 2.45) is 0 Å². The Morgan fingerprint density at radius 3 is 2.46 bits per heavy atom. The lowest BCUT2D eigenvalue weighted by molar-refractivity contribution is -0.276. The maximum atomic E-state index is 11.6. The van der Waals surface area contributed by atoms with E-state index in [1.807, 2.05) is 0 Å². The molecule has 1 heterocycles. The summed E-state index contributed by atoms with van der Waals surface area (Å²) in [5.41, 5.74) is 0.0850. The Morgan fingerprint density at radius 1 is 1.38 bits per heavy atom. The van der Waals surface area contributed by atoms with Crippen LogP contribution in [0, 0.1) is 6.92 Å². The number of aryl methyl sites for hydroxylation is 1. The van der Waals surface area contributed by atoms with Gasteiger partial charge in [-0.2, -0.15) is 0 Å². The molecule has 6 heteroatoms. The molecule has 13 heavy (non-hydrogen) atoms. The molecule has 0 saturated carbocycles. The minimum atomic E-state index is -4.75. The van der Waals surface area contributed by atoms with Crippen LogP contribution in [0.5, 0.6) is 11.6 Å². The van der Waals surface area contributed by atoms with Crippen LogP contribution in [0.2, 0.25) is 0 Å². The highest BCUT2D eigenvalue weighted by Crippen LogP contribution is 2.23. The van der Waals surface area contributed by atoms with Crippen LogP contribution in [0.25, 0.3) is 0 Å². The van der Waals surface area contributed by atoms with E-state index in [-0.39, 0.29) is 11.4 Å². The molecule has 1 aromatic rings. The third-order valence-corrected chi connectivity index (χ3v) is 1.25. The maximum absolute atomic E-state index is 11.6. The molecule has 72 valence electrons. The van der Waals surface area contributed by atoms with Crippen LogP contribution in [0.3, 0.4) is 0 Å². The molecule has 1 aromatic heterocycles. The summed E-state index contributed by atoms with van der Waals surface area (Å²) in [7, 11) is 0. The minimum Gasteiger partial charge on any atom is -0.506 e. The Balaban J connectivity index is 2.86. The lowest BCUT2D eigenvalue weighted by atomic mass is 10.3. The number of aromatic nitrogens is 1. The van der Waals surface area contributed by atoms with Crippen LogP contribution in [-0.2, 0) is 0 Å². The molecule has 0 aliphatic carbocycles. The minimum absolute atomic E-state index is 0.0850. The van der Waals surface area contributed by atoms with E-state index in [9.17, 15) is 13.2 Å². The first kappa shape index (κ1) is 9.63. The van der Waals surface area contributed by atoms with Gasteiger partial charge in [0.05, 0.1) is 5.69 Å². The molecule has 0 aliphatic rings. The normalized spacial score (nSPS) is 11.4. The number of hydrogen-bond donors (Lipinski definition) is 1. The largest absolute Gasteiger partial charge is 0.574 e. The number of pyridine rings is 1. The van der Waals surface area contributed by atoms with Gasteiger partial charge in [-0.3, -0.25) is 0 Å². The fraction of sp³-hybridized carbons (Fsp3) is 0.286. The first-order valence-electron chi connectivity index (χ1n) is 3.31. The SMILES string of the molecule is Cc1nc(OC(F)(F)F)ccc1O. The summed E-state index contributed by atoms with van der Waals surface area (Å²) in [5, 5.41) is 8.94. The fourth-order valence-electron chi connectivity index (χ4n) is 0.706. The summed E-state index contributed by atoms with van der Waals surface area (Å²) in [6.45, 7) is 1.37. The number of nitrogens with zero attached hydrogens (tertiary/aromatic N) is 1. The second kappa shape index (κ2) is 3.12. The van der Waals surface area contributed by atoms with Crippen LogP contribution >= 0.6 is 0 Å². The van der Waals surface area contributed by atoms with Crippen molar-refractivity contribution in [3.8, 4) is 11.6 Å². The van der Waals surface area contributed by atoms with Gasteiger partial charge in [-0.25, -0.2) is 4.98 Å². The lowest BCUT2D eigenvalue weighted by Gasteiger charge is -2.08. The van der Waals surface area contributed by atoms with Crippen molar-refractivity contribution in [2.75, 3.05) is 0 Å². The zero-order valence-electron chi connectivity index (χ0n) is 6.59. The van der Waals surface area contributed by atoms with Crippen LogP contribution < -0.4 is 4.74 Å². The zero-order chi connectivity index (χ0) is 10.1. The van der Waals surface area contributed by atoms with E-state index < -0.39 is 12.2 Å². The van der Waals surface area contributed by atoms with Crippen molar-refractivity contribution in [3.05, 3.63) is 17.8 Å². The number of ether oxygens (including phenoxy) is 1. The lowest BCUT2D eigenvalue weighted by Crippen LogP contribution is -2.17. The fourth-order valence-corrected chi connectivity index (χ4v) is 0.706. The standard InChI is InChI=1S/C7H6F3NO2/c1-4-5(12)2-3-6(11-4)13-7(8,9)10/h2-3,12H,1H3. The van der Waals surface area contributed by atoms with Crippen molar-refractivity contribution in [2.45, 2.75) is 13.3 Å². The molecule has 0 bridgehead atoms. The second-order valence-corrected chi connectivity index (χ2v) is 2.30. The molecule has 0 amide bonds. The van der Waals surface area contributed by atoms with Gasteiger partial charge >= 0.3 is 6.36 Å². The van der Waals surface area contributed by atoms with Gasteiger partial charge in [-0.15, -0.1) is 13.2 Å². The van der Waals surface area contributed by atoms with Crippen molar-refractivity contribution in [1.82, 2.24) is 4.98 Å². The molecule has 1 N–H and O–H groups in total. The first-order valence-corrected chi connectivity index (χ1v) is 3.31. The van der Waals surface area contributed by atoms with Crippen LogP contribution in [0.15, 0.2) is 12.1 Å². The van der Waals surface area contributed by atoms with E-state index in [1.165, 1.54) is 6.92 Å². The maximum Gasteiger partial charge on any atom is 0.574 e. The van der Waals surface area contributed by atoms with Crippen molar-refractivity contribution >= 4 is 0 Å². The predicted octanol–water partition coefficient (Wildman–Crippen LogP) is 1.99. The van der Waals surface area contributed by atoms with E-state index in [2.05, 4.69) is 9.72 Å². The van der Waals surface area contributed by atoms with Crippen molar-refractivity contribution < 1.29 is 23.0 Å². The molecule has 3 nitrogen and oxygen atoms in total. The highest BCUT2D eigenvalue weighted by atomic mass is 19.4. The van der Waals surface area contributed by atoms with Gasteiger partial charge in [-0.1, -0.05) is 0 Å². The molecular formula is C7H6F3NO2. The molecule has 0 radical (unpaired) electrons.